The minimum Gasteiger partial charge on any atom is -0.443 e. The molecule has 1 aromatic heterocycles. The van der Waals surface area contributed by atoms with Crippen LogP contribution in [0.1, 0.15) is 60.1 Å². The predicted octanol–water partition coefficient (Wildman–Crippen LogP) is 2.81. The Bertz CT molecular complexity index is 591. The third kappa shape index (κ3) is 7.92. The Morgan fingerprint density at radius 3 is 2.23 bits per heavy atom. The number of aliphatic imine (C=N–C) groups is 1. The molecule has 1 rings (SSSR count). The number of amides is 1. The molecule has 3 N–H and O–H groups in total. The Morgan fingerprint density at radius 2 is 1.73 bits per heavy atom. The van der Waals surface area contributed by atoms with Gasteiger partial charge >= 0.3 is 0 Å². The van der Waals surface area contributed by atoms with Gasteiger partial charge in [-0.2, -0.15) is 0 Å². The van der Waals surface area contributed by atoms with Crippen molar-refractivity contribution in [1.82, 2.24) is 20.9 Å². The molecule has 0 bridgehead atoms. The maximum Gasteiger partial charge on any atom is 0.227 e. The van der Waals surface area contributed by atoms with E-state index in [9.17, 15) is 4.79 Å². The highest BCUT2D eigenvalue weighted by atomic mass is 127. The molecule has 0 fully saturated rings. The monoisotopic (exact) mass is 479 g/mol. The Morgan fingerprint density at radius 1 is 1.12 bits per heavy atom. The summed E-state index contributed by atoms with van der Waals surface area (Å²) in [5.41, 5.74) is -0.608. The van der Waals surface area contributed by atoms with Crippen molar-refractivity contribution in [3.63, 3.8) is 0 Å². The minimum absolute atomic E-state index is 0. The van der Waals surface area contributed by atoms with E-state index in [1.165, 1.54) is 0 Å². The van der Waals surface area contributed by atoms with Crippen molar-refractivity contribution in [3.05, 3.63) is 17.8 Å². The number of nitrogens with one attached hydrogen (secondary N) is 3. The second-order valence-corrected chi connectivity index (χ2v) is 7.66. The largest absolute Gasteiger partial charge is 0.443 e. The van der Waals surface area contributed by atoms with Crippen LogP contribution in [0, 0.1) is 5.41 Å². The van der Waals surface area contributed by atoms with Crippen molar-refractivity contribution in [2.24, 2.45) is 10.4 Å². The average Bonchev–Trinajstić information content (AvgIpc) is 2.99. The second kappa shape index (κ2) is 10.7. The third-order valence-corrected chi connectivity index (χ3v) is 3.66. The van der Waals surface area contributed by atoms with Crippen molar-refractivity contribution in [3.8, 4) is 0 Å². The summed E-state index contributed by atoms with van der Waals surface area (Å²) in [6.45, 7) is 16.1. The summed E-state index contributed by atoms with van der Waals surface area (Å²) < 4.78 is 5.75. The molecule has 0 aliphatic carbocycles. The first-order valence-electron chi connectivity index (χ1n) is 8.85. The van der Waals surface area contributed by atoms with Gasteiger partial charge in [0.25, 0.3) is 0 Å². The van der Waals surface area contributed by atoms with Gasteiger partial charge in [-0.15, -0.1) is 24.0 Å². The van der Waals surface area contributed by atoms with Crippen molar-refractivity contribution in [1.29, 1.82) is 0 Å². The quantitative estimate of drug-likeness (QED) is 0.318. The second-order valence-electron chi connectivity index (χ2n) is 7.66. The molecule has 0 radical (unpaired) electrons. The number of halogens is 1. The van der Waals surface area contributed by atoms with E-state index < -0.39 is 5.41 Å². The lowest BCUT2D eigenvalue weighted by Crippen LogP contribution is -2.47. The Balaban J connectivity index is 0.00000625. The molecular weight excluding hydrogens is 445 g/mol. The number of hydrogen-bond donors (Lipinski definition) is 3. The van der Waals surface area contributed by atoms with Gasteiger partial charge in [0.05, 0.1) is 11.6 Å². The van der Waals surface area contributed by atoms with Gasteiger partial charge in [0.15, 0.2) is 5.96 Å². The van der Waals surface area contributed by atoms with Crippen LogP contribution in [-0.2, 0) is 16.8 Å². The number of oxazole rings is 1. The molecule has 0 atom stereocenters. The van der Waals surface area contributed by atoms with Crippen LogP contribution in [0.25, 0.3) is 0 Å². The molecule has 7 nitrogen and oxygen atoms in total. The Kier molecular flexibility index (Phi) is 10.2. The maximum absolute atomic E-state index is 12.1. The molecule has 1 heterocycles. The first-order chi connectivity index (χ1) is 11.6. The molecule has 0 spiro atoms. The van der Waals surface area contributed by atoms with Crippen molar-refractivity contribution >= 4 is 35.8 Å². The van der Waals surface area contributed by atoms with E-state index in [2.05, 4.69) is 46.7 Å². The summed E-state index contributed by atoms with van der Waals surface area (Å²) in [7, 11) is 0. The highest BCUT2D eigenvalue weighted by molar-refractivity contribution is 14.0. The standard InChI is InChI=1S/C18H33N5O2.HI/c1-8-19-15(24)18(6,7)12-23-16(20-9-2)22-11-14-21-10-13(25-14)17(3,4)5;/h10H,8-9,11-12H2,1-7H3,(H,19,24)(H2,20,22,23);1H. The zero-order valence-corrected chi connectivity index (χ0v) is 19.4. The zero-order valence-electron chi connectivity index (χ0n) is 17.0. The summed E-state index contributed by atoms with van der Waals surface area (Å²) in [4.78, 5) is 20.9. The van der Waals surface area contributed by atoms with E-state index in [1.54, 1.807) is 6.20 Å². The topological polar surface area (TPSA) is 91.5 Å². The van der Waals surface area contributed by atoms with Crippen LogP contribution in [0.15, 0.2) is 15.6 Å². The number of carbonyl (C=O) groups excluding carboxylic acids is 1. The normalized spacial score (nSPS) is 12.3. The van der Waals surface area contributed by atoms with Crippen LogP contribution in [0.2, 0.25) is 0 Å². The molecule has 26 heavy (non-hydrogen) atoms. The van der Waals surface area contributed by atoms with Gasteiger partial charge in [-0.3, -0.25) is 4.79 Å². The van der Waals surface area contributed by atoms with E-state index in [0.29, 0.717) is 31.5 Å². The SMILES string of the molecule is CCNC(=O)C(C)(C)CNC(=NCc1ncc(C(C)(C)C)o1)NCC.I. The third-order valence-electron chi connectivity index (χ3n) is 3.66. The number of hydrogen-bond acceptors (Lipinski definition) is 4. The van der Waals surface area contributed by atoms with Gasteiger partial charge in [-0.25, -0.2) is 9.98 Å². The van der Waals surface area contributed by atoms with Crippen LogP contribution in [0.5, 0.6) is 0 Å². The van der Waals surface area contributed by atoms with Gasteiger partial charge < -0.3 is 20.4 Å². The highest BCUT2D eigenvalue weighted by Crippen LogP contribution is 2.22. The van der Waals surface area contributed by atoms with E-state index in [4.69, 9.17) is 4.42 Å². The van der Waals surface area contributed by atoms with Crippen molar-refractivity contribution < 1.29 is 9.21 Å². The first kappa shape index (κ1) is 24.7. The molecule has 1 aromatic rings. The average molecular weight is 479 g/mol. The number of nitrogens with zero attached hydrogens (tertiary/aromatic N) is 2. The molecule has 0 unspecified atom stereocenters. The van der Waals surface area contributed by atoms with E-state index in [-0.39, 0.29) is 35.3 Å². The molecular formula is C18H34IN5O2. The van der Waals surface area contributed by atoms with E-state index in [0.717, 1.165) is 12.3 Å². The van der Waals surface area contributed by atoms with Crippen LogP contribution < -0.4 is 16.0 Å². The predicted molar refractivity (Wildman–Crippen MR) is 116 cm³/mol. The number of carbonyl (C=O) groups is 1. The molecule has 8 heteroatoms. The summed E-state index contributed by atoms with van der Waals surface area (Å²) in [6, 6.07) is 0. The van der Waals surface area contributed by atoms with Gasteiger partial charge in [-0.1, -0.05) is 20.8 Å². The molecule has 150 valence electrons. The molecule has 0 saturated heterocycles. The first-order valence-corrected chi connectivity index (χ1v) is 8.85. The van der Waals surface area contributed by atoms with Crippen LogP contribution in [0.4, 0.5) is 0 Å². The van der Waals surface area contributed by atoms with Crippen LogP contribution >= 0.6 is 24.0 Å². The highest BCUT2D eigenvalue weighted by Gasteiger charge is 2.27. The summed E-state index contributed by atoms with van der Waals surface area (Å²) >= 11 is 0. The number of aromatic nitrogens is 1. The fourth-order valence-corrected chi connectivity index (χ4v) is 2.00. The van der Waals surface area contributed by atoms with Gasteiger partial charge in [-0.05, 0) is 27.7 Å². The smallest absolute Gasteiger partial charge is 0.227 e. The lowest BCUT2D eigenvalue weighted by atomic mass is 9.92. The fraction of sp³-hybridized carbons (Fsp3) is 0.722. The van der Waals surface area contributed by atoms with Crippen LogP contribution in [0.3, 0.4) is 0 Å². The van der Waals surface area contributed by atoms with E-state index >= 15 is 0 Å². The Hall–Kier alpha value is -1.32. The molecule has 0 aromatic carbocycles. The van der Waals surface area contributed by atoms with Crippen molar-refractivity contribution in [2.45, 2.75) is 60.4 Å². The van der Waals surface area contributed by atoms with Gasteiger partial charge in [0.2, 0.25) is 11.8 Å². The molecule has 0 aliphatic heterocycles. The van der Waals surface area contributed by atoms with Gasteiger partial charge in [0.1, 0.15) is 12.3 Å². The zero-order chi connectivity index (χ0) is 19.1. The van der Waals surface area contributed by atoms with Crippen molar-refractivity contribution in [2.75, 3.05) is 19.6 Å². The summed E-state index contributed by atoms with van der Waals surface area (Å²) in [5, 5.41) is 9.24. The number of rotatable bonds is 7. The summed E-state index contributed by atoms with van der Waals surface area (Å²) in [6.07, 6.45) is 1.75. The van der Waals surface area contributed by atoms with Crippen LogP contribution in [-0.4, -0.2) is 36.5 Å². The molecule has 1 amide bonds. The molecule has 0 aliphatic rings. The van der Waals surface area contributed by atoms with Gasteiger partial charge in [0, 0.05) is 25.0 Å². The molecule has 0 saturated carbocycles. The van der Waals surface area contributed by atoms with E-state index in [1.807, 2.05) is 27.7 Å². The summed E-state index contributed by atoms with van der Waals surface area (Å²) in [5.74, 6) is 2.06. The fourth-order valence-electron chi connectivity index (χ4n) is 2.00. The number of guanidine groups is 1. The Labute approximate surface area is 174 Å². The minimum atomic E-state index is -0.533. The maximum atomic E-state index is 12.1. The lowest BCUT2D eigenvalue weighted by Gasteiger charge is -2.24. The lowest BCUT2D eigenvalue weighted by molar-refractivity contribution is -0.128.